The Balaban J connectivity index is 1.48. The van der Waals surface area contributed by atoms with Crippen molar-refractivity contribution in [2.45, 2.75) is 105 Å². The Hall–Kier alpha value is -4.25. The lowest BCUT2D eigenvalue weighted by molar-refractivity contribution is -0.162. The number of hydrogen-bond donors (Lipinski definition) is 1. The van der Waals surface area contributed by atoms with Crippen LogP contribution >= 0.6 is 0 Å². The van der Waals surface area contributed by atoms with Gasteiger partial charge in [0.2, 0.25) is 0 Å². The molecule has 0 spiro atoms. The molecule has 1 N–H and O–H groups in total. The quantitative estimate of drug-likeness (QED) is 0.0954. The number of phenols is 1. The molecule has 5 heteroatoms. The van der Waals surface area contributed by atoms with Crippen LogP contribution in [0.25, 0.3) is 11.1 Å². The van der Waals surface area contributed by atoms with Crippen molar-refractivity contribution < 1.29 is 24.1 Å². The van der Waals surface area contributed by atoms with Gasteiger partial charge in [-0.2, -0.15) is 0 Å². The summed E-state index contributed by atoms with van der Waals surface area (Å²) in [6, 6.07) is 31.3. The van der Waals surface area contributed by atoms with Crippen molar-refractivity contribution in [3.05, 3.63) is 108 Å². The number of esters is 1. The van der Waals surface area contributed by atoms with E-state index in [-0.39, 0.29) is 22.5 Å². The van der Waals surface area contributed by atoms with E-state index in [0.29, 0.717) is 31.6 Å². The van der Waals surface area contributed by atoms with Gasteiger partial charge >= 0.3 is 5.97 Å². The molecule has 1 unspecified atom stereocenters. The van der Waals surface area contributed by atoms with E-state index < -0.39 is 11.0 Å². The highest BCUT2D eigenvalue weighted by atomic mass is 16.5. The van der Waals surface area contributed by atoms with Gasteiger partial charge in [0.05, 0.1) is 6.61 Å². The Morgan fingerprint density at radius 2 is 1.02 bits per heavy atom. The molecule has 5 nitrogen and oxygen atoms in total. The summed E-state index contributed by atoms with van der Waals surface area (Å²) in [7, 11) is 0. The molecule has 0 aliphatic heterocycles. The molecule has 0 heterocycles. The van der Waals surface area contributed by atoms with Crippen molar-refractivity contribution in [1.29, 1.82) is 0 Å². The van der Waals surface area contributed by atoms with Crippen LogP contribution in [0.3, 0.4) is 0 Å². The van der Waals surface area contributed by atoms with Crippen molar-refractivity contribution in [3.63, 3.8) is 0 Å². The molecule has 4 aromatic carbocycles. The molecule has 0 radical (unpaired) electrons. The average Bonchev–Trinajstić information content (AvgIpc) is 3.13. The van der Waals surface area contributed by atoms with Crippen LogP contribution in [-0.4, -0.2) is 23.3 Å². The molecule has 0 amide bonds. The molecule has 4 rings (SSSR count). The summed E-state index contributed by atoms with van der Waals surface area (Å²) in [6.45, 7) is 20.0. The van der Waals surface area contributed by atoms with Gasteiger partial charge in [0.1, 0.15) is 34.0 Å². The Bertz CT molecular complexity index is 1630. The Labute approximate surface area is 294 Å². The van der Waals surface area contributed by atoms with Gasteiger partial charge < -0.3 is 19.3 Å². The lowest BCUT2D eigenvalue weighted by atomic mass is 9.68. The lowest BCUT2D eigenvalue weighted by Crippen LogP contribution is -2.55. The molecular formula is C44H56O5. The van der Waals surface area contributed by atoms with E-state index >= 15 is 0 Å². The molecule has 0 aromatic heterocycles. The largest absolute Gasteiger partial charge is 0.508 e. The molecule has 0 saturated heterocycles. The molecule has 262 valence electrons. The van der Waals surface area contributed by atoms with Gasteiger partial charge in [0.15, 0.2) is 0 Å². The first-order valence-corrected chi connectivity index (χ1v) is 17.9. The predicted octanol–water partition coefficient (Wildman–Crippen LogP) is 11.5. The molecule has 0 bridgehead atoms. The third-order valence-corrected chi connectivity index (χ3v) is 11.3. The maximum absolute atomic E-state index is 14.0. The van der Waals surface area contributed by atoms with E-state index in [0.717, 1.165) is 35.5 Å². The standard InChI is InChI=1S/C44H56O5/c1-10-42(8,11-2)31-47-37-27-19-34(20-28-37)41(6,7)35-21-29-39(30-22-35)49-44(13-4,14-5)43(9,12-3)40(46)48-38-25-17-33(18-26-38)32-15-23-36(45)24-16-32/h15-30,45H,10-14,31H2,1-9H3. The average molecular weight is 665 g/mol. The van der Waals surface area contributed by atoms with E-state index in [9.17, 15) is 9.90 Å². The number of hydrogen-bond acceptors (Lipinski definition) is 5. The summed E-state index contributed by atoms with van der Waals surface area (Å²) in [5.74, 6) is 2.03. The maximum atomic E-state index is 14.0. The fraction of sp³-hybridized carbons (Fsp3) is 0.432. The molecule has 49 heavy (non-hydrogen) atoms. The highest BCUT2D eigenvalue weighted by Gasteiger charge is 2.53. The summed E-state index contributed by atoms with van der Waals surface area (Å²) >= 11 is 0. The van der Waals surface area contributed by atoms with Gasteiger partial charge in [0.25, 0.3) is 0 Å². The van der Waals surface area contributed by atoms with Crippen LogP contribution in [0.15, 0.2) is 97.1 Å². The van der Waals surface area contributed by atoms with Gasteiger partial charge in [0, 0.05) is 10.8 Å². The Morgan fingerprint density at radius 3 is 1.47 bits per heavy atom. The van der Waals surface area contributed by atoms with Crippen LogP contribution in [0.1, 0.15) is 106 Å². The third-order valence-electron chi connectivity index (χ3n) is 11.3. The van der Waals surface area contributed by atoms with Crippen LogP contribution in [0, 0.1) is 10.8 Å². The second-order valence-electron chi connectivity index (χ2n) is 14.4. The van der Waals surface area contributed by atoms with Crippen molar-refractivity contribution in [1.82, 2.24) is 0 Å². The van der Waals surface area contributed by atoms with E-state index in [1.807, 2.05) is 62.4 Å². The van der Waals surface area contributed by atoms with Crippen LogP contribution in [0.2, 0.25) is 0 Å². The summed E-state index contributed by atoms with van der Waals surface area (Å²) in [5.41, 5.74) is 2.59. The minimum Gasteiger partial charge on any atom is -0.508 e. The first kappa shape index (κ1) is 37.6. The number of ether oxygens (including phenoxy) is 3. The van der Waals surface area contributed by atoms with Crippen LogP contribution < -0.4 is 14.2 Å². The molecule has 4 aromatic rings. The number of benzene rings is 4. The fourth-order valence-electron chi connectivity index (χ4n) is 6.54. The molecule has 0 fully saturated rings. The first-order valence-electron chi connectivity index (χ1n) is 17.9. The summed E-state index contributed by atoms with van der Waals surface area (Å²) in [5, 5.41) is 9.61. The van der Waals surface area contributed by atoms with E-state index in [4.69, 9.17) is 14.2 Å². The zero-order chi connectivity index (χ0) is 35.9. The lowest BCUT2D eigenvalue weighted by Gasteiger charge is -2.45. The van der Waals surface area contributed by atoms with Crippen LogP contribution in [0.5, 0.6) is 23.0 Å². The zero-order valence-corrected chi connectivity index (χ0v) is 31.1. The Kier molecular flexibility index (Phi) is 11.9. The van der Waals surface area contributed by atoms with E-state index in [1.165, 1.54) is 11.1 Å². The number of rotatable bonds is 16. The molecule has 1 atom stereocenters. The predicted molar refractivity (Wildman–Crippen MR) is 201 cm³/mol. The van der Waals surface area contributed by atoms with Crippen molar-refractivity contribution in [2.24, 2.45) is 10.8 Å². The Morgan fingerprint density at radius 1 is 0.571 bits per heavy atom. The summed E-state index contributed by atoms with van der Waals surface area (Å²) < 4.78 is 19.0. The third kappa shape index (κ3) is 8.15. The number of aromatic hydroxyl groups is 1. The van der Waals surface area contributed by atoms with E-state index in [1.54, 1.807) is 12.1 Å². The minimum atomic E-state index is -0.903. The van der Waals surface area contributed by atoms with Crippen molar-refractivity contribution >= 4 is 5.97 Å². The van der Waals surface area contributed by atoms with Crippen molar-refractivity contribution in [2.75, 3.05) is 6.61 Å². The molecular weight excluding hydrogens is 608 g/mol. The van der Waals surface area contributed by atoms with Crippen molar-refractivity contribution in [3.8, 4) is 34.1 Å². The number of phenolic OH excluding ortho intramolecular Hbond substituents is 1. The highest BCUT2D eigenvalue weighted by molar-refractivity contribution is 5.80. The second-order valence-corrected chi connectivity index (χ2v) is 14.4. The minimum absolute atomic E-state index is 0.187. The monoisotopic (exact) mass is 664 g/mol. The van der Waals surface area contributed by atoms with Gasteiger partial charge in [-0.05, 0) is 110 Å². The molecule has 0 saturated carbocycles. The normalized spacial score (nSPS) is 13.4. The van der Waals surface area contributed by atoms with E-state index in [2.05, 4.69) is 84.9 Å². The zero-order valence-electron chi connectivity index (χ0n) is 31.1. The van der Waals surface area contributed by atoms with Crippen LogP contribution in [-0.2, 0) is 10.2 Å². The maximum Gasteiger partial charge on any atom is 0.321 e. The SMILES string of the molecule is CCC(C)(CC)COc1ccc(C(C)(C)c2ccc(OC(CC)(CC)C(C)(CC)C(=O)Oc3ccc(-c4ccc(O)cc4)cc3)cc2)cc1. The molecule has 0 aliphatic rings. The molecule has 0 aliphatic carbocycles. The van der Waals surface area contributed by atoms with Gasteiger partial charge in [-0.1, -0.05) is 104 Å². The fourth-order valence-corrected chi connectivity index (χ4v) is 6.54. The summed E-state index contributed by atoms with van der Waals surface area (Å²) in [6.07, 6.45) is 4.01. The number of carbonyl (C=O) groups excluding carboxylic acids is 1. The van der Waals surface area contributed by atoms with Gasteiger partial charge in [-0.25, -0.2) is 0 Å². The van der Waals surface area contributed by atoms with Gasteiger partial charge in [-0.15, -0.1) is 0 Å². The van der Waals surface area contributed by atoms with Crippen LogP contribution in [0.4, 0.5) is 0 Å². The number of carbonyl (C=O) groups is 1. The summed E-state index contributed by atoms with van der Waals surface area (Å²) in [4.78, 5) is 14.0. The van der Waals surface area contributed by atoms with Gasteiger partial charge in [-0.3, -0.25) is 4.79 Å². The highest BCUT2D eigenvalue weighted by Crippen LogP contribution is 2.45. The topological polar surface area (TPSA) is 65.0 Å². The first-order chi connectivity index (χ1) is 23.3. The second kappa shape index (κ2) is 15.5. The smallest absolute Gasteiger partial charge is 0.321 e.